The quantitative estimate of drug-likeness (QED) is 0.560. The number of benzene rings is 1. The van der Waals surface area contributed by atoms with Crippen molar-refractivity contribution in [3.05, 3.63) is 29.8 Å². The van der Waals surface area contributed by atoms with Gasteiger partial charge in [-0.2, -0.15) is 0 Å². The molecule has 0 aliphatic rings. The van der Waals surface area contributed by atoms with Gasteiger partial charge in [0.2, 0.25) is 0 Å². The Morgan fingerprint density at radius 1 is 1.33 bits per heavy atom. The highest BCUT2D eigenvalue weighted by Crippen LogP contribution is 2.14. The molecule has 0 saturated carbocycles. The van der Waals surface area contributed by atoms with Crippen LogP contribution in [0.1, 0.15) is 38.7 Å². The summed E-state index contributed by atoms with van der Waals surface area (Å²) in [6, 6.07) is 8.24. The highest BCUT2D eigenvalue weighted by Gasteiger charge is 1.99. The molecule has 0 saturated heterocycles. The molecule has 2 nitrogen and oxygen atoms in total. The van der Waals surface area contributed by atoms with Crippen molar-refractivity contribution in [1.82, 2.24) is 5.32 Å². The van der Waals surface area contributed by atoms with Crippen LogP contribution in [0.3, 0.4) is 0 Å². The van der Waals surface area contributed by atoms with Gasteiger partial charge in [0.25, 0.3) is 0 Å². The van der Waals surface area contributed by atoms with E-state index >= 15 is 0 Å². The predicted molar refractivity (Wildman–Crippen MR) is 76.6 cm³/mol. The van der Waals surface area contributed by atoms with Gasteiger partial charge in [0, 0.05) is 13.0 Å². The summed E-state index contributed by atoms with van der Waals surface area (Å²) in [7, 11) is 0. The monoisotopic (exact) mass is 245 g/mol. The molecule has 2 heteroatoms. The smallest absolute Gasteiger partial charge is 0.120 e. The first kappa shape index (κ1) is 14.6. The van der Waals surface area contributed by atoms with Gasteiger partial charge in [-0.25, -0.2) is 0 Å². The summed E-state index contributed by atoms with van der Waals surface area (Å²) in [6.07, 6.45) is 8.53. The van der Waals surface area contributed by atoms with Crippen LogP contribution in [0.2, 0.25) is 0 Å². The molecule has 0 spiro atoms. The van der Waals surface area contributed by atoms with E-state index in [4.69, 9.17) is 11.2 Å². The molecule has 1 rings (SSSR count). The standard InChI is InChI=1S/C16H23NO/c1-4-5-6-7-11-17-13-15-9-8-10-16(12-15)18-14(2)3/h1,8-10,12,14,17H,5-7,11,13H2,2-3H3. The van der Waals surface area contributed by atoms with E-state index in [2.05, 4.69) is 23.4 Å². The Morgan fingerprint density at radius 2 is 2.17 bits per heavy atom. The van der Waals surface area contributed by atoms with Gasteiger partial charge in [-0.15, -0.1) is 12.3 Å². The Labute approximate surface area is 111 Å². The lowest BCUT2D eigenvalue weighted by Gasteiger charge is -2.11. The molecule has 98 valence electrons. The second-order valence-electron chi connectivity index (χ2n) is 4.65. The summed E-state index contributed by atoms with van der Waals surface area (Å²) in [4.78, 5) is 0. The minimum Gasteiger partial charge on any atom is -0.491 e. The second kappa shape index (κ2) is 8.60. The predicted octanol–water partition coefficient (Wildman–Crippen LogP) is 3.37. The van der Waals surface area contributed by atoms with Crippen molar-refractivity contribution in [2.45, 2.75) is 45.8 Å². The zero-order chi connectivity index (χ0) is 13.2. The van der Waals surface area contributed by atoms with Crippen molar-refractivity contribution in [1.29, 1.82) is 0 Å². The first-order valence-corrected chi connectivity index (χ1v) is 6.62. The number of hydrogen-bond acceptors (Lipinski definition) is 2. The average molecular weight is 245 g/mol. The summed E-state index contributed by atoms with van der Waals surface area (Å²) in [6.45, 7) is 5.97. The van der Waals surface area contributed by atoms with Crippen LogP contribution in [0, 0.1) is 12.3 Å². The van der Waals surface area contributed by atoms with Gasteiger partial charge in [-0.05, 0) is 50.9 Å². The van der Waals surface area contributed by atoms with Crippen molar-refractivity contribution < 1.29 is 4.74 Å². The molecule has 0 fully saturated rings. The van der Waals surface area contributed by atoms with E-state index in [0.29, 0.717) is 0 Å². The van der Waals surface area contributed by atoms with E-state index in [1.807, 2.05) is 26.0 Å². The third kappa shape index (κ3) is 6.32. The zero-order valence-electron chi connectivity index (χ0n) is 11.4. The van der Waals surface area contributed by atoms with E-state index in [-0.39, 0.29) is 6.10 Å². The first-order chi connectivity index (χ1) is 8.72. The van der Waals surface area contributed by atoms with E-state index in [9.17, 15) is 0 Å². The maximum atomic E-state index is 5.66. The van der Waals surface area contributed by atoms with Gasteiger partial charge < -0.3 is 10.1 Å². The van der Waals surface area contributed by atoms with Gasteiger partial charge in [-0.3, -0.25) is 0 Å². The summed E-state index contributed by atoms with van der Waals surface area (Å²) in [5, 5.41) is 3.42. The Kier molecular flexibility index (Phi) is 6.98. The fourth-order valence-corrected chi connectivity index (χ4v) is 1.71. The molecule has 1 aromatic rings. The van der Waals surface area contributed by atoms with Gasteiger partial charge in [0.05, 0.1) is 6.10 Å². The number of terminal acetylenes is 1. The number of ether oxygens (including phenoxy) is 1. The Balaban J connectivity index is 2.27. The van der Waals surface area contributed by atoms with Crippen molar-refractivity contribution in [2.24, 2.45) is 0 Å². The van der Waals surface area contributed by atoms with Gasteiger partial charge in [0.15, 0.2) is 0 Å². The fourth-order valence-electron chi connectivity index (χ4n) is 1.71. The lowest BCUT2D eigenvalue weighted by molar-refractivity contribution is 0.242. The van der Waals surface area contributed by atoms with Crippen LogP contribution in [0.25, 0.3) is 0 Å². The average Bonchev–Trinajstić information content (AvgIpc) is 2.33. The van der Waals surface area contributed by atoms with Crippen molar-refractivity contribution in [2.75, 3.05) is 6.54 Å². The maximum Gasteiger partial charge on any atom is 0.120 e. The van der Waals surface area contributed by atoms with Gasteiger partial charge in [0.1, 0.15) is 5.75 Å². The number of nitrogens with one attached hydrogen (secondary N) is 1. The summed E-state index contributed by atoms with van der Waals surface area (Å²) >= 11 is 0. The Morgan fingerprint density at radius 3 is 2.89 bits per heavy atom. The van der Waals surface area contributed by atoms with E-state index in [1.54, 1.807) is 0 Å². The van der Waals surface area contributed by atoms with Crippen LogP contribution >= 0.6 is 0 Å². The molecule has 1 aromatic carbocycles. The van der Waals surface area contributed by atoms with E-state index in [0.717, 1.165) is 38.1 Å². The minimum atomic E-state index is 0.219. The summed E-state index contributed by atoms with van der Waals surface area (Å²) in [5.41, 5.74) is 1.25. The molecular weight excluding hydrogens is 222 g/mol. The molecule has 0 aliphatic carbocycles. The molecule has 1 N–H and O–H groups in total. The molecule has 0 aliphatic heterocycles. The van der Waals surface area contributed by atoms with Crippen LogP contribution in [0.5, 0.6) is 5.75 Å². The van der Waals surface area contributed by atoms with Crippen LogP contribution in [0.15, 0.2) is 24.3 Å². The van der Waals surface area contributed by atoms with Crippen LogP contribution in [-0.4, -0.2) is 12.6 Å². The summed E-state index contributed by atoms with van der Waals surface area (Å²) in [5.74, 6) is 3.60. The third-order valence-corrected chi connectivity index (χ3v) is 2.52. The lowest BCUT2D eigenvalue weighted by Crippen LogP contribution is -2.14. The molecule has 0 atom stereocenters. The molecule has 0 unspecified atom stereocenters. The molecular formula is C16H23NO. The molecule has 0 aromatic heterocycles. The molecule has 0 radical (unpaired) electrons. The van der Waals surface area contributed by atoms with Gasteiger partial charge in [-0.1, -0.05) is 12.1 Å². The van der Waals surface area contributed by atoms with Crippen molar-refractivity contribution >= 4 is 0 Å². The first-order valence-electron chi connectivity index (χ1n) is 6.62. The summed E-state index contributed by atoms with van der Waals surface area (Å²) < 4.78 is 5.66. The van der Waals surface area contributed by atoms with Crippen molar-refractivity contribution in [3.8, 4) is 18.1 Å². The third-order valence-electron chi connectivity index (χ3n) is 2.52. The lowest BCUT2D eigenvalue weighted by atomic mass is 10.2. The highest BCUT2D eigenvalue weighted by molar-refractivity contribution is 5.28. The minimum absolute atomic E-state index is 0.219. The van der Waals surface area contributed by atoms with E-state index < -0.39 is 0 Å². The molecule has 0 amide bonds. The highest BCUT2D eigenvalue weighted by atomic mass is 16.5. The van der Waals surface area contributed by atoms with Crippen LogP contribution in [0.4, 0.5) is 0 Å². The number of rotatable bonds is 8. The zero-order valence-corrected chi connectivity index (χ0v) is 11.4. The number of unbranched alkanes of at least 4 members (excludes halogenated alkanes) is 2. The van der Waals surface area contributed by atoms with Crippen molar-refractivity contribution in [3.63, 3.8) is 0 Å². The molecule has 0 heterocycles. The number of hydrogen-bond donors (Lipinski definition) is 1. The molecule has 18 heavy (non-hydrogen) atoms. The van der Waals surface area contributed by atoms with Crippen LogP contribution in [-0.2, 0) is 6.54 Å². The molecule has 0 bridgehead atoms. The Bertz CT molecular complexity index is 379. The van der Waals surface area contributed by atoms with Gasteiger partial charge >= 0.3 is 0 Å². The largest absolute Gasteiger partial charge is 0.491 e. The van der Waals surface area contributed by atoms with E-state index in [1.165, 1.54) is 5.56 Å². The topological polar surface area (TPSA) is 21.3 Å². The normalized spacial score (nSPS) is 10.3. The Hall–Kier alpha value is -1.46. The fraction of sp³-hybridized carbons (Fsp3) is 0.500. The second-order valence-corrected chi connectivity index (χ2v) is 4.65. The van der Waals surface area contributed by atoms with Crippen LogP contribution < -0.4 is 10.1 Å². The SMILES string of the molecule is C#CCCCCNCc1cccc(OC(C)C)c1. The maximum absolute atomic E-state index is 5.66.